The van der Waals surface area contributed by atoms with Crippen LogP contribution in [0.3, 0.4) is 0 Å². The molecule has 1 aliphatic carbocycles. The Labute approximate surface area is 116 Å². The fourth-order valence-electron chi connectivity index (χ4n) is 3.08. The predicted molar refractivity (Wildman–Crippen MR) is 78.7 cm³/mol. The van der Waals surface area contributed by atoms with Crippen molar-refractivity contribution in [2.45, 2.75) is 58.7 Å². The Balaban J connectivity index is 1.96. The number of fused-ring (bicyclic) bond motifs is 1. The van der Waals surface area contributed by atoms with Gasteiger partial charge < -0.3 is 9.31 Å². The minimum absolute atomic E-state index is 0.217. The smallest absolute Gasteiger partial charge is 0.399 e. The van der Waals surface area contributed by atoms with Gasteiger partial charge in [0, 0.05) is 0 Å². The largest absolute Gasteiger partial charge is 0.495 e. The third kappa shape index (κ3) is 2.04. The van der Waals surface area contributed by atoms with Crippen molar-refractivity contribution < 1.29 is 9.31 Å². The summed E-state index contributed by atoms with van der Waals surface area (Å²) in [5.41, 5.74) is 3.64. The molecule has 0 radical (unpaired) electrons. The Morgan fingerprint density at radius 3 is 2.32 bits per heavy atom. The maximum atomic E-state index is 6.19. The molecule has 1 unspecified atom stereocenters. The van der Waals surface area contributed by atoms with Crippen LogP contribution < -0.4 is 5.46 Å². The maximum absolute atomic E-state index is 6.19. The average Bonchev–Trinajstić information content (AvgIpc) is 2.75. The van der Waals surface area contributed by atoms with Gasteiger partial charge in [0.05, 0.1) is 11.2 Å². The van der Waals surface area contributed by atoms with Gasteiger partial charge in [0.15, 0.2) is 0 Å². The Morgan fingerprint density at radius 1 is 1.05 bits per heavy atom. The van der Waals surface area contributed by atoms with Crippen molar-refractivity contribution >= 4 is 12.6 Å². The van der Waals surface area contributed by atoms with E-state index in [0.717, 1.165) is 12.3 Å². The second-order valence-corrected chi connectivity index (χ2v) is 7.09. The van der Waals surface area contributed by atoms with Gasteiger partial charge in [0.25, 0.3) is 0 Å². The molecular weight excluding hydrogens is 235 g/mol. The summed E-state index contributed by atoms with van der Waals surface area (Å²) in [5.74, 6) is 0.735. The van der Waals surface area contributed by atoms with Crippen LogP contribution in [0, 0.1) is 5.92 Å². The van der Waals surface area contributed by atoms with Gasteiger partial charge in [-0.3, -0.25) is 0 Å². The van der Waals surface area contributed by atoms with E-state index in [9.17, 15) is 0 Å². The second kappa shape index (κ2) is 4.10. The van der Waals surface area contributed by atoms with Gasteiger partial charge in [-0.05, 0) is 63.0 Å². The molecule has 2 aliphatic rings. The Hall–Kier alpha value is -0.795. The minimum atomic E-state index is -0.259. The average molecular weight is 258 g/mol. The van der Waals surface area contributed by atoms with Crippen LogP contribution in [0.25, 0.3) is 0 Å². The van der Waals surface area contributed by atoms with Crippen molar-refractivity contribution in [1.82, 2.24) is 0 Å². The zero-order chi connectivity index (χ0) is 13.8. The van der Waals surface area contributed by atoms with Crippen LogP contribution in [0.5, 0.6) is 0 Å². The SMILES string of the molecule is CC1Cc2cccc(B3OC(C)(C)C(C)(C)O3)c2C1. The number of benzene rings is 1. The van der Waals surface area contributed by atoms with E-state index in [4.69, 9.17) is 9.31 Å². The first-order chi connectivity index (χ1) is 8.80. The van der Waals surface area contributed by atoms with Gasteiger partial charge in [0.2, 0.25) is 0 Å². The van der Waals surface area contributed by atoms with Crippen LogP contribution in [0.15, 0.2) is 18.2 Å². The molecule has 1 fully saturated rings. The molecule has 0 bridgehead atoms. The van der Waals surface area contributed by atoms with Crippen molar-refractivity contribution in [1.29, 1.82) is 0 Å². The van der Waals surface area contributed by atoms with Crippen LogP contribution in [-0.4, -0.2) is 18.3 Å². The lowest BCUT2D eigenvalue weighted by atomic mass is 9.75. The summed E-state index contributed by atoms with van der Waals surface area (Å²) in [5, 5.41) is 0. The molecule has 0 saturated carbocycles. The van der Waals surface area contributed by atoms with E-state index in [2.05, 4.69) is 52.8 Å². The van der Waals surface area contributed by atoms with E-state index < -0.39 is 0 Å². The summed E-state index contributed by atoms with van der Waals surface area (Å²) in [6.45, 7) is 10.8. The second-order valence-electron chi connectivity index (χ2n) is 7.09. The molecule has 0 amide bonds. The number of hydrogen-bond acceptors (Lipinski definition) is 2. The molecule has 1 aromatic carbocycles. The van der Waals surface area contributed by atoms with E-state index in [1.807, 2.05) is 0 Å². The highest BCUT2D eigenvalue weighted by molar-refractivity contribution is 6.62. The van der Waals surface area contributed by atoms with Gasteiger partial charge in [0.1, 0.15) is 0 Å². The Kier molecular flexibility index (Phi) is 2.85. The quantitative estimate of drug-likeness (QED) is 0.721. The van der Waals surface area contributed by atoms with Crippen molar-refractivity contribution in [3.63, 3.8) is 0 Å². The van der Waals surface area contributed by atoms with Gasteiger partial charge in [-0.1, -0.05) is 25.1 Å². The number of rotatable bonds is 1. The molecular formula is C16H23BO2. The summed E-state index contributed by atoms with van der Waals surface area (Å²) in [6, 6.07) is 6.55. The predicted octanol–water partition coefficient (Wildman–Crippen LogP) is 2.72. The summed E-state index contributed by atoms with van der Waals surface area (Å²) >= 11 is 0. The zero-order valence-corrected chi connectivity index (χ0v) is 12.6. The van der Waals surface area contributed by atoms with Crippen molar-refractivity contribution in [3.05, 3.63) is 29.3 Å². The standard InChI is InChI=1S/C16H23BO2/c1-11-9-12-7-6-8-14(13(12)10-11)17-18-15(2,3)16(4,5)19-17/h6-8,11H,9-10H2,1-5H3. The number of hydrogen-bond donors (Lipinski definition) is 0. The van der Waals surface area contributed by atoms with Crippen molar-refractivity contribution in [2.24, 2.45) is 5.92 Å². The molecule has 2 nitrogen and oxygen atoms in total. The highest BCUT2D eigenvalue weighted by Crippen LogP contribution is 2.37. The summed E-state index contributed by atoms with van der Waals surface area (Å²) in [4.78, 5) is 0. The topological polar surface area (TPSA) is 18.5 Å². The highest BCUT2D eigenvalue weighted by atomic mass is 16.7. The Morgan fingerprint density at radius 2 is 1.68 bits per heavy atom. The van der Waals surface area contributed by atoms with Gasteiger partial charge in [-0.25, -0.2) is 0 Å². The molecule has 1 atom stereocenters. The summed E-state index contributed by atoms with van der Waals surface area (Å²) in [6.07, 6.45) is 2.33. The van der Waals surface area contributed by atoms with E-state index in [0.29, 0.717) is 0 Å². The van der Waals surface area contributed by atoms with E-state index >= 15 is 0 Å². The minimum Gasteiger partial charge on any atom is -0.399 e. The van der Waals surface area contributed by atoms with E-state index in [1.54, 1.807) is 0 Å². The molecule has 3 rings (SSSR count). The van der Waals surface area contributed by atoms with Crippen LogP contribution >= 0.6 is 0 Å². The van der Waals surface area contributed by atoms with Crippen molar-refractivity contribution in [3.8, 4) is 0 Å². The molecule has 1 saturated heterocycles. The molecule has 1 aliphatic heterocycles. The molecule has 19 heavy (non-hydrogen) atoms. The summed E-state index contributed by atoms with van der Waals surface area (Å²) < 4.78 is 12.4. The molecule has 102 valence electrons. The lowest BCUT2D eigenvalue weighted by Gasteiger charge is -2.32. The zero-order valence-electron chi connectivity index (χ0n) is 12.6. The van der Waals surface area contributed by atoms with E-state index in [-0.39, 0.29) is 18.3 Å². The molecule has 0 aromatic heterocycles. The van der Waals surface area contributed by atoms with Crippen molar-refractivity contribution in [2.75, 3.05) is 0 Å². The monoisotopic (exact) mass is 258 g/mol. The molecule has 0 spiro atoms. The first-order valence-corrected chi connectivity index (χ1v) is 7.26. The third-order valence-corrected chi connectivity index (χ3v) is 4.94. The molecule has 0 N–H and O–H groups in total. The highest BCUT2D eigenvalue weighted by Gasteiger charge is 2.52. The first kappa shape index (κ1) is 13.2. The lowest BCUT2D eigenvalue weighted by molar-refractivity contribution is 0.00578. The maximum Gasteiger partial charge on any atom is 0.495 e. The third-order valence-electron chi connectivity index (χ3n) is 4.94. The molecule has 1 heterocycles. The first-order valence-electron chi connectivity index (χ1n) is 7.26. The van der Waals surface area contributed by atoms with Gasteiger partial charge in [-0.15, -0.1) is 0 Å². The fraction of sp³-hybridized carbons (Fsp3) is 0.625. The molecule has 1 aromatic rings. The van der Waals surface area contributed by atoms with Gasteiger partial charge >= 0.3 is 7.12 Å². The molecule has 3 heteroatoms. The van der Waals surface area contributed by atoms with Gasteiger partial charge in [-0.2, -0.15) is 0 Å². The normalized spacial score (nSPS) is 27.6. The van der Waals surface area contributed by atoms with Crippen LogP contribution in [0.2, 0.25) is 0 Å². The summed E-state index contributed by atoms with van der Waals surface area (Å²) in [7, 11) is -0.217. The lowest BCUT2D eigenvalue weighted by Crippen LogP contribution is -2.41. The fourth-order valence-corrected chi connectivity index (χ4v) is 3.08. The van der Waals surface area contributed by atoms with Crippen LogP contribution in [-0.2, 0) is 22.2 Å². The Bertz CT molecular complexity index is 491. The van der Waals surface area contributed by atoms with Crippen LogP contribution in [0.4, 0.5) is 0 Å². The van der Waals surface area contributed by atoms with Crippen LogP contribution in [0.1, 0.15) is 45.7 Å². The van der Waals surface area contributed by atoms with E-state index in [1.165, 1.54) is 23.0 Å².